The van der Waals surface area contributed by atoms with E-state index in [1.54, 1.807) is 19.9 Å². The van der Waals surface area contributed by atoms with Crippen LogP contribution in [0.5, 0.6) is 0 Å². The van der Waals surface area contributed by atoms with Crippen molar-refractivity contribution < 1.29 is 12.9 Å². The van der Waals surface area contributed by atoms with E-state index in [0.29, 0.717) is 17.0 Å². The summed E-state index contributed by atoms with van der Waals surface area (Å²) in [5, 5.41) is 3.58. The zero-order valence-electron chi connectivity index (χ0n) is 9.97. The van der Waals surface area contributed by atoms with Crippen LogP contribution in [0.2, 0.25) is 0 Å². The summed E-state index contributed by atoms with van der Waals surface area (Å²) in [5.41, 5.74) is 6.67. The monoisotopic (exact) mass is 267 g/mol. The van der Waals surface area contributed by atoms with Crippen molar-refractivity contribution in [1.29, 1.82) is 0 Å². The normalized spacial score (nSPS) is 11.4. The Morgan fingerprint density at radius 2 is 2.00 bits per heavy atom. The van der Waals surface area contributed by atoms with E-state index in [-0.39, 0.29) is 10.7 Å². The van der Waals surface area contributed by atoms with Crippen LogP contribution >= 0.6 is 0 Å². The molecule has 0 amide bonds. The first-order valence-electron chi connectivity index (χ1n) is 5.21. The molecule has 0 aliphatic carbocycles. The second-order valence-corrected chi connectivity index (χ2v) is 5.60. The number of anilines is 2. The molecule has 1 heterocycles. The van der Waals surface area contributed by atoms with E-state index in [0.717, 1.165) is 0 Å². The first-order valence-corrected chi connectivity index (χ1v) is 6.69. The molecule has 0 bridgehead atoms. The van der Waals surface area contributed by atoms with Gasteiger partial charge in [-0.05, 0) is 37.6 Å². The largest absolute Gasteiger partial charge is 0.399 e. The smallest absolute Gasteiger partial charge is 0.263 e. The minimum atomic E-state index is -3.68. The van der Waals surface area contributed by atoms with Crippen molar-refractivity contribution in [2.24, 2.45) is 0 Å². The standard InChI is InChI=1S/C11H13N3O3S/c1-7-5-9(12)3-4-10(7)18(15,16)14-11-6-8(2)17-13-11/h3-6H,12H2,1-2H3,(H,13,14). The average molecular weight is 267 g/mol. The summed E-state index contributed by atoms with van der Waals surface area (Å²) in [4.78, 5) is 0.164. The maximum atomic E-state index is 12.1. The molecule has 1 aromatic heterocycles. The summed E-state index contributed by atoms with van der Waals surface area (Å²) in [6, 6.07) is 6.10. The van der Waals surface area contributed by atoms with Gasteiger partial charge in [-0.3, -0.25) is 4.72 Å². The number of hydrogen-bond donors (Lipinski definition) is 2. The second-order valence-electron chi connectivity index (χ2n) is 3.95. The minimum absolute atomic E-state index is 0.156. The summed E-state index contributed by atoms with van der Waals surface area (Å²) in [6.45, 7) is 3.36. The third-order valence-electron chi connectivity index (χ3n) is 2.36. The van der Waals surface area contributed by atoms with Gasteiger partial charge in [0.2, 0.25) is 0 Å². The lowest BCUT2D eigenvalue weighted by Gasteiger charge is -2.08. The van der Waals surface area contributed by atoms with Gasteiger partial charge in [0.05, 0.1) is 4.90 Å². The van der Waals surface area contributed by atoms with Crippen LogP contribution in [0.4, 0.5) is 11.5 Å². The molecule has 6 nitrogen and oxygen atoms in total. The number of benzene rings is 1. The number of hydrogen-bond acceptors (Lipinski definition) is 5. The Morgan fingerprint density at radius 3 is 2.56 bits per heavy atom. The maximum Gasteiger partial charge on any atom is 0.263 e. The molecule has 2 rings (SSSR count). The highest BCUT2D eigenvalue weighted by molar-refractivity contribution is 7.92. The first kappa shape index (κ1) is 12.4. The van der Waals surface area contributed by atoms with Gasteiger partial charge in [-0.25, -0.2) is 8.42 Å². The molecule has 0 atom stereocenters. The summed E-state index contributed by atoms with van der Waals surface area (Å²) in [7, 11) is -3.68. The molecule has 0 aliphatic rings. The zero-order valence-corrected chi connectivity index (χ0v) is 10.8. The van der Waals surface area contributed by atoms with E-state index >= 15 is 0 Å². The molecule has 2 aromatic rings. The number of rotatable bonds is 3. The summed E-state index contributed by atoms with van der Waals surface area (Å²) < 4.78 is 31.4. The molecule has 0 aliphatic heterocycles. The van der Waals surface area contributed by atoms with Gasteiger partial charge >= 0.3 is 0 Å². The predicted octanol–water partition coefficient (Wildman–Crippen LogP) is 1.67. The van der Waals surface area contributed by atoms with Crippen molar-refractivity contribution in [3.63, 3.8) is 0 Å². The van der Waals surface area contributed by atoms with E-state index in [1.165, 1.54) is 18.2 Å². The molecule has 0 fully saturated rings. The molecule has 18 heavy (non-hydrogen) atoms. The van der Waals surface area contributed by atoms with Crippen molar-refractivity contribution in [2.75, 3.05) is 10.5 Å². The molecular weight excluding hydrogens is 254 g/mol. The number of aromatic nitrogens is 1. The summed E-state index contributed by atoms with van der Waals surface area (Å²) in [5.74, 6) is 0.686. The molecule has 0 saturated carbocycles. The van der Waals surface area contributed by atoms with Crippen molar-refractivity contribution >= 4 is 21.5 Å². The number of sulfonamides is 1. The Morgan fingerprint density at radius 1 is 1.28 bits per heavy atom. The van der Waals surface area contributed by atoms with Crippen LogP contribution in [-0.2, 0) is 10.0 Å². The molecule has 0 spiro atoms. The van der Waals surface area contributed by atoms with E-state index in [9.17, 15) is 8.42 Å². The lowest BCUT2D eigenvalue weighted by atomic mass is 10.2. The highest BCUT2D eigenvalue weighted by Crippen LogP contribution is 2.20. The molecule has 96 valence electrons. The SMILES string of the molecule is Cc1cc(NS(=O)(=O)c2ccc(N)cc2C)no1. The van der Waals surface area contributed by atoms with Crippen molar-refractivity contribution in [1.82, 2.24) is 5.16 Å². The van der Waals surface area contributed by atoms with E-state index < -0.39 is 10.0 Å². The summed E-state index contributed by atoms with van der Waals surface area (Å²) >= 11 is 0. The highest BCUT2D eigenvalue weighted by atomic mass is 32.2. The van der Waals surface area contributed by atoms with Gasteiger partial charge in [-0.15, -0.1) is 0 Å². The molecule has 0 saturated heterocycles. The lowest BCUT2D eigenvalue weighted by molar-refractivity contribution is 0.400. The minimum Gasteiger partial charge on any atom is -0.399 e. The van der Waals surface area contributed by atoms with Crippen LogP contribution < -0.4 is 10.5 Å². The third kappa shape index (κ3) is 2.45. The van der Waals surface area contributed by atoms with Gasteiger partial charge in [0.1, 0.15) is 5.76 Å². The van der Waals surface area contributed by atoms with Gasteiger partial charge in [0.15, 0.2) is 5.82 Å². The van der Waals surface area contributed by atoms with Gasteiger partial charge in [0, 0.05) is 11.8 Å². The lowest BCUT2D eigenvalue weighted by Crippen LogP contribution is -2.14. The van der Waals surface area contributed by atoms with Crippen LogP contribution in [-0.4, -0.2) is 13.6 Å². The topological polar surface area (TPSA) is 98.2 Å². The first-order chi connectivity index (χ1) is 8.38. The molecular formula is C11H13N3O3S. The van der Waals surface area contributed by atoms with Gasteiger partial charge < -0.3 is 10.3 Å². The fourth-order valence-corrected chi connectivity index (χ4v) is 2.79. The zero-order chi connectivity index (χ0) is 13.3. The molecule has 3 N–H and O–H groups in total. The molecule has 0 radical (unpaired) electrons. The molecule has 0 unspecified atom stereocenters. The van der Waals surface area contributed by atoms with Crippen LogP contribution in [0, 0.1) is 13.8 Å². The Bertz CT molecular complexity index is 677. The van der Waals surface area contributed by atoms with E-state index in [4.69, 9.17) is 10.3 Å². The van der Waals surface area contributed by atoms with Crippen molar-refractivity contribution in [3.05, 3.63) is 35.6 Å². The number of nitrogens with one attached hydrogen (secondary N) is 1. The number of nitrogens with zero attached hydrogens (tertiary/aromatic N) is 1. The number of nitrogen functional groups attached to an aromatic ring is 1. The van der Waals surface area contributed by atoms with Crippen LogP contribution in [0.15, 0.2) is 33.7 Å². The average Bonchev–Trinajstić information content (AvgIpc) is 2.62. The van der Waals surface area contributed by atoms with Crippen LogP contribution in [0.3, 0.4) is 0 Å². The number of nitrogens with two attached hydrogens (primary N) is 1. The van der Waals surface area contributed by atoms with Gasteiger partial charge in [-0.1, -0.05) is 5.16 Å². The van der Waals surface area contributed by atoms with Crippen LogP contribution in [0.25, 0.3) is 0 Å². The molecule has 7 heteroatoms. The maximum absolute atomic E-state index is 12.1. The summed E-state index contributed by atoms with van der Waals surface area (Å²) in [6.07, 6.45) is 0. The second kappa shape index (κ2) is 4.34. The fourth-order valence-electron chi connectivity index (χ4n) is 1.58. The predicted molar refractivity (Wildman–Crippen MR) is 67.6 cm³/mol. The third-order valence-corrected chi connectivity index (χ3v) is 3.87. The Balaban J connectivity index is 2.36. The van der Waals surface area contributed by atoms with E-state index in [2.05, 4.69) is 9.88 Å². The van der Waals surface area contributed by atoms with E-state index in [1.807, 2.05) is 0 Å². The van der Waals surface area contributed by atoms with Gasteiger partial charge in [-0.2, -0.15) is 0 Å². The fraction of sp³-hybridized carbons (Fsp3) is 0.182. The molecule has 1 aromatic carbocycles. The highest BCUT2D eigenvalue weighted by Gasteiger charge is 2.18. The Hall–Kier alpha value is -2.02. The van der Waals surface area contributed by atoms with Crippen molar-refractivity contribution in [3.8, 4) is 0 Å². The van der Waals surface area contributed by atoms with Crippen molar-refractivity contribution in [2.45, 2.75) is 18.7 Å². The number of aryl methyl sites for hydroxylation is 2. The van der Waals surface area contributed by atoms with Gasteiger partial charge in [0.25, 0.3) is 10.0 Å². The Kier molecular flexibility index (Phi) is 3.00. The Labute approximate surface area is 105 Å². The quantitative estimate of drug-likeness (QED) is 0.824. The van der Waals surface area contributed by atoms with Crippen LogP contribution in [0.1, 0.15) is 11.3 Å².